The molecule has 1 amide bonds. The van der Waals surface area contributed by atoms with Gasteiger partial charge in [0, 0.05) is 25.3 Å². The normalized spacial score (nSPS) is 26.6. The highest BCUT2D eigenvalue weighted by Crippen LogP contribution is 2.28. The van der Waals surface area contributed by atoms with Crippen LogP contribution in [-0.4, -0.2) is 23.0 Å². The van der Waals surface area contributed by atoms with Gasteiger partial charge in [0.25, 0.3) is 0 Å². The molecule has 0 bridgehead atoms. The van der Waals surface area contributed by atoms with Crippen molar-refractivity contribution in [1.82, 2.24) is 5.32 Å². The molecule has 3 heteroatoms. The number of piperidine rings is 1. The molecule has 116 valence electrons. The van der Waals surface area contributed by atoms with E-state index < -0.39 is 0 Å². The Morgan fingerprint density at radius 2 is 1.65 bits per heavy atom. The fraction of sp³-hybridized carbons (Fsp3) is 0.941. The van der Waals surface area contributed by atoms with Crippen LogP contribution in [0.15, 0.2) is 0 Å². The Balaban J connectivity index is 1.78. The zero-order valence-electron chi connectivity index (χ0n) is 13.8. The quantitative estimate of drug-likeness (QED) is 0.816. The van der Waals surface area contributed by atoms with Crippen LogP contribution in [0, 0.1) is 5.92 Å². The first-order chi connectivity index (χ1) is 9.26. The van der Waals surface area contributed by atoms with Gasteiger partial charge in [-0.05, 0) is 40.0 Å². The smallest absolute Gasteiger partial charge is 0.220 e. The van der Waals surface area contributed by atoms with Crippen molar-refractivity contribution in [1.29, 1.82) is 0 Å². The third-order valence-electron chi connectivity index (χ3n) is 4.95. The first kappa shape index (κ1) is 15.8. The third-order valence-corrected chi connectivity index (χ3v) is 4.95. The molecule has 0 spiro atoms. The van der Waals surface area contributed by atoms with E-state index in [1.54, 1.807) is 0 Å². The maximum Gasteiger partial charge on any atom is 0.220 e. The number of hydrogen-bond acceptors (Lipinski definition) is 1. The van der Waals surface area contributed by atoms with Crippen LogP contribution in [0.5, 0.6) is 0 Å². The zero-order chi connectivity index (χ0) is 14.8. The summed E-state index contributed by atoms with van der Waals surface area (Å²) in [6.07, 6.45) is 9.39. The van der Waals surface area contributed by atoms with Crippen molar-refractivity contribution in [3.8, 4) is 0 Å². The molecule has 1 saturated carbocycles. The monoisotopic (exact) mass is 281 g/mol. The summed E-state index contributed by atoms with van der Waals surface area (Å²) in [6.45, 7) is 9.13. The first-order valence-corrected chi connectivity index (χ1v) is 8.42. The molecule has 2 aliphatic rings. The lowest BCUT2D eigenvalue weighted by Crippen LogP contribution is -3.06. The number of nitrogens with two attached hydrogens (primary N) is 1. The summed E-state index contributed by atoms with van der Waals surface area (Å²) >= 11 is 0. The van der Waals surface area contributed by atoms with E-state index in [-0.39, 0.29) is 17.0 Å². The minimum atomic E-state index is 0.227. The molecule has 3 N–H and O–H groups in total. The summed E-state index contributed by atoms with van der Waals surface area (Å²) < 4.78 is 0. The van der Waals surface area contributed by atoms with E-state index in [4.69, 9.17) is 0 Å². The van der Waals surface area contributed by atoms with Crippen molar-refractivity contribution in [3.63, 3.8) is 0 Å². The molecule has 0 radical (unpaired) electrons. The molecule has 0 atom stereocenters. The molecule has 20 heavy (non-hydrogen) atoms. The summed E-state index contributed by atoms with van der Waals surface area (Å²) in [4.78, 5) is 12.2. The highest BCUT2D eigenvalue weighted by atomic mass is 16.1. The number of carbonyl (C=O) groups is 1. The van der Waals surface area contributed by atoms with Crippen LogP contribution in [0.4, 0.5) is 0 Å². The molecule has 1 aliphatic carbocycles. The minimum Gasteiger partial charge on any atom is -0.353 e. The number of quaternary nitrogens is 1. The summed E-state index contributed by atoms with van der Waals surface area (Å²) in [5, 5.41) is 5.75. The van der Waals surface area contributed by atoms with E-state index in [2.05, 4.69) is 38.3 Å². The maximum absolute atomic E-state index is 12.2. The van der Waals surface area contributed by atoms with Gasteiger partial charge in [0.2, 0.25) is 5.91 Å². The second-order valence-corrected chi connectivity index (χ2v) is 8.48. The average molecular weight is 281 g/mol. The molecule has 1 saturated heterocycles. The van der Waals surface area contributed by atoms with Gasteiger partial charge < -0.3 is 10.6 Å². The second kappa shape index (κ2) is 6.05. The Morgan fingerprint density at radius 1 is 1.10 bits per heavy atom. The SMILES string of the molecule is CC1(C)CC(NC(=O)CCC2CCCC2)CC(C)(C)[NH2+]1. The molecule has 2 rings (SSSR count). The largest absolute Gasteiger partial charge is 0.353 e. The van der Waals surface area contributed by atoms with E-state index >= 15 is 0 Å². The first-order valence-electron chi connectivity index (χ1n) is 8.42. The lowest BCUT2D eigenvalue weighted by atomic mass is 9.79. The van der Waals surface area contributed by atoms with E-state index in [0.717, 1.165) is 31.6 Å². The Hall–Kier alpha value is -0.570. The van der Waals surface area contributed by atoms with Crippen LogP contribution < -0.4 is 10.6 Å². The molecular formula is C17H33N2O+. The predicted molar refractivity (Wildman–Crippen MR) is 82.4 cm³/mol. The van der Waals surface area contributed by atoms with Gasteiger partial charge in [0.15, 0.2) is 0 Å². The summed E-state index contributed by atoms with van der Waals surface area (Å²) in [5.74, 6) is 1.09. The molecule has 1 aliphatic heterocycles. The molecule has 0 unspecified atom stereocenters. The summed E-state index contributed by atoms with van der Waals surface area (Å²) in [5.41, 5.74) is 0.455. The molecule has 0 aromatic heterocycles. The lowest BCUT2D eigenvalue weighted by molar-refractivity contribution is -0.787. The van der Waals surface area contributed by atoms with Crippen LogP contribution in [0.3, 0.4) is 0 Å². The molecule has 0 aromatic rings. The number of rotatable bonds is 4. The van der Waals surface area contributed by atoms with Crippen LogP contribution in [0.1, 0.15) is 79.1 Å². The third kappa shape index (κ3) is 4.76. The number of carbonyl (C=O) groups excluding carboxylic acids is 1. The Bertz CT molecular complexity index is 327. The summed E-state index contributed by atoms with van der Waals surface area (Å²) in [7, 11) is 0. The van der Waals surface area contributed by atoms with Gasteiger partial charge in [-0.3, -0.25) is 4.79 Å². The Morgan fingerprint density at radius 3 is 2.20 bits per heavy atom. The van der Waals surface area contributed by atoms with Crippen molar-refractivity contribution < 1.29 is 10.1 Å². The lowest BCUT2D eigenvalue weighted by Gasteiger charge is -2.43. The van der Waals surface area contributed by atoms with Gasteiger partial charge in [-0.1, -0.05) is 25.7 Å². The minimum absolute atomic E-state index is 0.227. The number of amides is 1. The van der Waals surface area contributed by atoms with Crippen molar-refractivity contribution in [2.75, 3.05) is 0 Å². The highest BCUT2D eigenvalue weighted by Gasteiger charge is 2.41. The van der Waals surface area contributed by atoms with Crippen LogP contribution in [0.25, 0.3) is 0 Å². The zero-order valence-corrected chi connectivity index (χ0v) is 13.8. The standard InChI is InChI=1S/C17H32N2O/c1-16(2)11-14(12-17(3,4)19-16)18-15(20)10-9-13-7-5-6-8-13/h13-14,19H,5-12H2,1-4H3,(H,18,20)/p+1. The average Bonchev–Trinajstić information content (AvgIpc) is 2.74. The Kier molecular flexibility index (Phi) is 4.78. The summed E-state index contributed by atoms with van der Waals surface area (Å²) in [6, 6.07) is 0.348. The van der Waals surface area contributed by atoms with Gasteiger partial charge in [0.05, 0.1) is 11.1 Å². The predicted octanol–water partition coefficient (Wildman–Crippen LogP) is 2.36. The molecule has 0 aromatic carbocycles. The molecule has 1 heterocycles. The number of hydrogen-bond donors (Lipinski definition) is 2. The fourth-order valence-electron chi connectivity index (χ4n) is 4.55. The molecule has 2 fully saturated rings. The van der Waals surface area contributed by atoms with Crippen molar-refractivity contribution in [2.24, 2.45) is 5.92 Å². The Labute approximate surface area is 124 Å². The van der Waals surface area contributed by atoms with Gasteiger partial charge in [0.1, 0.15) is 0 Å². The van der Waals surface area contributed by atoms with Gasteiger partial charge in [-0.2, -0.15) is 0 Å². The topological polar surface area (TPSA) is 45.7 Å². The second-order valence-electron chi connectivity index (χ2n) is 8.48. The van der Waals surface area contributed by atoms with Crippen LogP contribution in [0.2, 0.25) is 0 Å². The van der Waals surface area contributed by atoms with Crippen molar-refractivity contribution >= 4 is 5.91 Å². The van der Waals surface area contributed by atoms with Crippen LogP contribution >= 0.6 is 0 Å². The van der Waals surface area contributed by atoms with Gasteiger partial charge >= 0.3 is 0 Å². The molecule has 3 nitrogen and oxygen atoms in total. The highest BCUT2D eigenvalue weighted by molar-refractivity contribution is 5.76. The van der Waals surface area contributed by atoms with Crippen molar-refractivity contribution in [3.05, 3.63) is 0 Å². The van der Waals surface area contributed by atoms with Gasteiger partial charge in [-0.25, -0.2) is 0 Å². The molecular weight excluding hydrogens is 248 g/mol. The van der Waals surface area contributed by atoms with E-state index in [9.17, 15) is 4.79 Å². The van der Waals surface area contributed by atoms with Crippen molar-refractivity contribution in [2.45, 2.75) is 96.2 Å². The van der Waals surface area contributed by atoms with Gasteiger partial charge in [-0.15, -0.1) is 0 Å². The van der Waals surface area contributed by atoms with E-state index in [1.165, 1.54) is 25.7 Å². The van der Waals surface area contributed by atoms with E-state index in [0.29, 0.717) is 6.04 Å². The van der Waals surface area contributed by atoms with E-state index in [1.807, 2.05) is 0 Å². The maximum atomic E-state index is 12.2. The number of nitrogens with one attached hydrogen (secondary N) is 1. The van der Waals surface area contributed by atoms with Crippen LogP contribution in [-0.2, 0) is 4.79 Å². The fourth-order valence-corrected chi connectivity index (χ4v) is 4.55.